The number of nitrogens with zero attached hydrogens (tertiary/aromatic N) is 1. The minimum Gasteiger partial charge on any atom is -0.497 e. The van der Waals surface area contributed by atoms with E-state index in [2.05, 4.69) is 9.72 Å². The molecule has 0 saturated carbocycles. The van der Waals surface area contributed by atoms with Crippen LogP contribution in [0, 0.1) is 0 Å². The Labute approximate surface area is 136 Å². The van der Waals surface area contributed by atoms with Gasteiger partial charge in [-0.25, -0.2) is 14.6 Å². The van der Waals surface area contributed by atoms with Gasteiger partial charge in [0, 0.05) is 11.1 Å². The van der Waals surface area contributed by atoms with E-state index in [1.54, 1.807) is 25.4 Å². The van der Waals surface area contributed by atoms with Gasteiger partial charge >= 0.3 is 11.9 Å². The highest BCUT2D eigenvalue weighted by molar-refractivity contribution is 6.15. The van der Waals surface area contributed by atoms with Gasteiger partial charge in [0.25, 0.3) is 0 Å². The van der Waals surface area contributed by atoms with Crippen molar-refractivity contribution < 1.29 is 23.5 Å². The van der Waals surface area contributed by atoms with Gasteiger partial charge in [0.1, 0.15) is 5.75 Å². The van der Waals surface area contributed by atoms with Crippen molar-refractivity contribution in [2.75, 3.05) is 7.11 Å². The number of benzene rings is 2. The first-order valence-electron chi connectivity index (χ1n) is 7.17. The highest BCUT2D eigenvalue weighted by Crippen LogP contribution is 2.30. The maximum Gasteiger partial charge on any atom is 0.346 e. The number of hydrogen-bond donors (Lipinski definition) is 0. The van der Waals surface area contributed by atoms with Crippen LogP contribution in [0.1, 0.15) is 20.7 Å². The molecule has 6 nitrogen and oxygen atoms in total. The third-order valence-corrected chi connectivity index (χ3v) is 3.77. The quantitative estimate of drug-likeness (QED) is 0.544. The summed E-state index contributed by atoms with van der Waals surface area (Å²) in [6, 6.07) is 12.1. The summed E-state index contributed by atoms with van der Waals surface area (Å²) in [7, 11) is 1.60. The van der Waals surface area contributed by atoms with Crippen LogP contribution in [0.4, 0.5) is 0 Å². The molecule has 4 rings (SSSR count). The Balaban J connectivity index is 1.69. The Kier molecular flexibility index (Phi) is 3.16. The summed E-state index contributed by atoms with van der Waals surface area (Å²) in [5, 5.41) is 0. The van der Waals surface area contributed by atoms with Crippen molar-refractivity contribution in [3.8, 4) is 28.5 Å². The number of aromatic nitrogens is 1. The normalized spacial score (nSPS) is 12.9. The second kappa shape index (κ2) is 5.34. The molecule has 1 aromatic heterocycles. The van der Waals surface area contributed by atoms with Crippen LogP contribution in [0.5, 0.6) is 5.75 Å². The number of cyclic esters (lactones) is 2. The van der Waals surface area contributed by atoms with E-state index in [9.17, 15) is 9.59 Å². The van der Waals surface area contributed by atoms with E-state index in [0.29, 0.717) is 17.2 Å². The van der Waals surface area contributed by atoms with E-state index in [1.807, 2.05) is 24.3 Å². The van der Waals surface area contributed by atoms with Gasteiger partial charge in [-0.05, 0) is 42.5 Å². The lowest BCUT2D eigenvalue weighted by Gasteiger charge is -2.00. The summed E-state index contributed by atoms with van der Waals surface area (Å²) in [5.74, 6) is 0.412. The lowest BCUT2D eigenvalue weighted by Crippen LogP contribution is -1.96. The largest absolute Gasteiger partial charge is 0.497 e. The monoisotopic (exact) mass is 321 g/mol. The van der Waals surface area contributed by atoms with Crippen molar-refractivity contribution >= 4 is 11.9 Å². The Bertz CT molecular complexity index is 956. The van der Waals surface area contributed by atoms with Gasteiger partial charge in [0.15, 0.2) is 5.76 Å². The highest BCUT2D eigenvalue weighted by Gasteiger charge is 2.30. The molecule has 0 radical (unpaired) electrons. The molecule has 118 valence electrons. The van der Waals surface area contributed by atoms with E-state index in [-0.39, 0.29) is 11.1 Å². The van der Waals surface area contributed by atoms with Crippen LogP contribution in [0.2, 0.25) is 0 Å². The second-order valence-electron chi connectivity index (χ2n) is 5.20. The van der Waals surface area contributed by atoms with Crippen molar-refractivity contribution in [3.05, 3.63) is 59.8 Å². The van der Waals surface area contributed by atoms with Gasteiger partial charge in [-0.2, -0.15) is 0 Å². The number of rotatable bonds is 3. The van der Waals surface area contributed by atoms with Crippen molar-refractivity contribution in [3.63, 3.8) is 0 Å². The number of oxazole rings is 1. The molecule has 0 atom stereocenters. The standard InChI is InChI=1S/C18H11NO5/c1-22-12-5-2-10(3-6-12)15-9-19-16(23-15)11-4-7-13-14(8-11)18(21)24-17(13)20/h2-9H,1H3. The van der Waals surface area contributed by atoms with Crippen molar-refractivity contribution in [2.45, 2.75) is 0 Å². The predicted molar refractivity (Wildman–Crippen MR) is 83.7 cm³/mol. The van der Waals surface area contributed by atoms with Gasteiger partial charge in [0.2, 0.25) is 5.89 Å². The van der Waals surface area contributed by atoms with Crippen LogP contribution in [0.3, 0.4) is 0 Å². The first-order chi connectivity index (χ1) is 11.7. The minimum absolute atomic E-state index is 0.224. The first kappa shape index (κ1) is 14.2. The van der Waals surface area contributed by atoms with Crippen LogP contribution in [-0.2, 0) is 4.74 Å². The Hall–Kier alpha value is -3.41. The third kappa shape index (κ3) is 2.25. The molecule has 24 heavy (non-hydrogen) atoms. The molecule has 3 aromatic rings. The fourth-order valence-electron chi connectivity index (χ4n) is 2.51. The maximum absolute atomic E-state index is 11.6. The fourth-order valence-corrected chi connectivity index (χ4v) is 2.51. The molecular weight excluding hydrogens is 310 g/mol. The van der Waals surface area contributed by atoms with Crippen molar-refractivity contribution in [1.29, 1.82) is 0 Å². The van der Waals surface area contributed by atoms with E-state index in [0.717, 1.165) is 11.3 Å². The Morgan fingerprint density at radius 1 is 0.917 bits per heavy atom. The third-order valence-electron chi connectivity index (χ3n) is 3.77. The molecule has 1 aliphatic rings. The number of esters is 2. The number of fused-ring (bicyclic) bond motifs is 1. The number of carbonyl (C=O) groups is 2. The van der Waals surface area contributed by atoms with Crippen molar-refractivity contribution in [2.24, 2.45) is 0 Å². The molecule has 0 fully saturated rings. The fraction of sp³-hybridized carbons (Fsp3) is 0.0556. The average molecular weight is 321 g/mol. The number of carbonyl (C=O) groups excluding carboxylic acids is 2. The van der Waals surface area contributed by atoms with Crippen LogP contribution < -0.4 is 4.74 Å². The lowest BCUT2D eigenvalue weighted by atomic mass is 10.1. The Morgan fingerprint density at radius 3 is 2.38 bits per heavy atom. The molecule has 6 heteroatoms. The molecule has 0 saturated heterocycles. The van der Waals surface area contributed by atoms with Gasteiger partial charge < -0.3 is 13.9 Å². The molecule has 1 aliphatic heterocycles. The first-order valence-corrected chi connectivity index (χ1v) is 7.17. The van der Waals surface area contributed by atoms with Gasteiger partial charge in [-0.3, -0.25) is 0 Å². The summed E-state index contributed by atoms with van der Waals surface area (Å²) in [6.07, 6.45) is 1.61. The van der Waals surface area contributed by atoms with Gasteiger partial charge in [0.05, 0.1) is 24.4 Å². The van der Waals surface area contributed by atoms with Gasteiger partial charge in [-0.1, -0.05) is 0 Å². The van der Waals surface area contributed by atoms with Gasteiger partial charge in [-0.15, -0.1) is 0 Å². The SMILES string of the molecule is COc1ccc(-c2cnc(-c3ccc4c(c3)C(=O)OC4=O)o2)cc1. The van der Waals surface area contributed by atoms with E-state index < -0.39 is 11.9 Å². The van der Waals surface area contributed by atoms with E-state index in [4.69, 9.17) is 9.15 Å². The summed E-state index contributed by atoms with van der Waals surface area (Å²) < 4.78 is 15.5. The highest BCUT2D eigenvalue weighted by atomic mass is 16.6. The lowest BCUT2D eigenvalue weighted by molar-refractivity contribution is 0.0444. The minimum atomic E-state index is -0.654. The van der Waals surface area contributed by atoms with Crippen LogP contribution >= 0.6 is 0 Å². The topological polar surface area (TPSA) is 78.6 Å². The Morgan fingerprint density at radius 2 is 1.62 bits per heavy atom. The van der Waals surface area contributed by atoms with Crippen LogP contribution in [0.25, 0.3) is 22.8 Å². The average Bonchev–Trinajstić information content (AvgIpc) is 3.21. The molecular formula is C18H11NO5. The molecule has 0 bridgehead atoms. The number of ether oxygens (including phenoxy) is 2. The predicted octanol–water partition coefficient (Wildman–Crippen LogP) is 3.33. The summed E-state index contributed by atoms with van der Waals surface area (Å²) in [4.78, 5) is 27.4. The zero-order valence-corrected chi connectivity index (χ0v) is 12.6. The van der Waals surface area contributed by atoms with E-state index in [1.165, 1.54) is 6.07 Å². The number of methoxy groups -OCH3 is 1. The van der Waals surface area contributed by atoms with E-state index >= 15 is 0 Å². The molecule has 2 heterocycles. The van der Waals surface area contributed by atoms with Crippen molar-refractivity contribution in [1.82, 2.24) is 4.98 Å². The molecule has 0 amide bonds. The molecule has 0 aliphatic carbocycles. The zero-order valence-electron chi connectivity index (χ0n) is 12.6. The zero-order chi connectivity index (χ0) is 16.7. The molecule has 0 spiro atoms. The summed E-state index contributed by atoms with van der Waals surface area (Å²) in [5.41, 5.74) is 1.93. The van der Waals surface area contributed by atoms with Crippen LogP contribution in [0.15, 0.2) is 53.1 Å². The summed E-state index contributed by atoms with van der Waals surface area (Å²) in [6.45, 7) is 0. The molecule has 0 N–H and O–H groups in total. The molecule has 2 aromatic carbocycles. The smallest absolute Gasteiger partial charge is 0.346 e. The number of hydrogen-bond acceptors (Lipinski definition) is 6. The van der Waals surface area contributed by atoms with Crippen LogP contribution in [-0.4, -0.2) is 24.0 Å². The second-order valence-corrected chi connectivity index (χ2v) is 5.20. The summed E-state index contributed by atoms with van der Waals surface area (Å²) >= 11 is 0. The molecule has 0 unspecified atom stereocenters. The maximum atomic E-state index is 11.6.